The van der Waals surface area contributed by atoms with Gasteiger partial charge in [0.25, 0.3) is 5.91 Å². The number of hydrogen-bond donors (Lipinski definition) is 1. The molecule has 0 saturated heterocycles. The van der Waals surface area contributed by atoms with Gasteiger partial charge in [-0.05, 0) is 37.3 Å². The van der Waals surface area contributed by atoms with E-state index in [4.69, 9.17) is 4.52 Å². The fourth-order valence-corrected chi connectivity index (χ4v) is 1.79. The first-order valence-electron chi connectivity index (χ1n) is 6.57. The van der Waals surface area contributed by atoms with Gasteiger partial charge in [-0.2, -0.15) is 4.98 Å². The molecule has 1 aromatic carbocycles. The van der Waals surface area contributed by atoms with Gasteiger partial charge in [-0.3, -0.25) is 9.59 Å². The van der Waals surface area contributed by atoms with Crippen LogP contribution in [0, 0.1) is 6.92 Å². The number of nitrogens with one attached hydrogen (secondary N) is 1. The van der Waals surface area contributed by atoms with Crippen LogP contribution in [0.25, 0.3) is 0 Å². The Balaban J connectivity index is 2.02. The molecule has 0 aliphatic carbocycles. The maximum Gasteiger partial charge on any atom is 0.254 e. The zero-order valence-corrected chi connectivity index (χ0v) is 12.4. The summed E-state index contributed by atoms with van der Waals surface area (Å²) in [6.07, 6.45) is 1.18. The van der Waals surface area contributed by atoms with Crippen LogP contribution in [0.5, 0.6) is 0 Å². The lowest BCUT2D eigenvalue weighted by Gasteiger charge is -2.15. The molecule has 1 aromatic heterocycles. The highest BCUT2D eigenvalue weighted by Crippen LogP contribution is 2.12. The molecule has 1 N–H and O–H groups in total. The van der Waals surface area contributed by atoms with Crippen LogP contribution in [0.4, 0.5) is 5.69 Å². The van der Waals surface area contributed by atoms with E-state index >= 15 is 0 Å². The molecule has 0 spiro atoms. The number of aryl methyl sites for hydroxylation is 1. The number of nitrogens with zero attached hydrogens (tertiary/aromatic N) is 3. The van der Waals surface area contributed by atoms with Crippen LogP contribution in [0.3, 0.4) is 0 Å². The number of hydrogen-bond acceptors (Lipinski definition) is 5. The Labute approximate surface area is 127 Å². The van der Waals surface area contributed by atoms with Gasteiger partial charge < -0.3 is 14.7 Å². The Bertz CT molecular complexity index is 691. The standard InChI is InChI=1S/C15H16N4O3/c1-4-13(20)17-12-7-5-11(6-8-12)15(21)19(3)9-14-16-10(2)18-22-14/h4-8H,1,9H2,2-3H3,(H,17,20). The van der Waals surface area contributed by atoms with Crippen molar-refractivity contribution in [1.29, 1.82) is 0 Å². The molecule has 0 bridgehead atoms. The third kappa shape index (κ3) is 3.78. The molecule has 7 heteroatoms. The van der Waals surface area contributed by atoms with Gasteiger partial charge in [0.1, 0.15) is 0 Å². The summed E-state index contributed by atoms with van der Waals surface area (Å²) >= 11 is 0. The SMILES string of the molecule is C=CC(=O)Nc1ccc(C(=O)N(C)Cc2nc(C)no2)cc1. The molecule has 0 radical (unpaired) electrons. The van der Waals surface area contributed by atoms with E-state index < -0.39 is 0 Å². The molecule has 2 rings (SSSR count). The second-order valence-corrected chi connectivity index (χ2v) is 4.67. The summed E-state index contributed by atoms with van der Waals surface area (Å²) in [5.41, 5.74) is 1.09. The highest BCUT2D eigenvalue weighted by molar-refractivity contribution is 5.99. The van der Waals surface area contributed by atoms with Gasteiger partial charge in [-0.25, -0.2) is 0 Å². The summed E-state index contributed by atoms with van der Waals surface area (Å²) in [4.78, 5) is 29.0. The summed E-state index contributed by atoms with van der Waals surface area (Å²) in [5, 5.41) is 6.29. The van der Waals surface area contributed by atoms with Crippen LogP contribution in [0.1, 0.15) is 22.1 Å². The third-order valence-electron chi connectivity index (χ3n) is 2.87. The van der Waals surface area contributed by atoms with Gasteiger partial charge >= 0.3 is 0 Å². The largest absolute Gasteiger partial charge is 0.337 e. The number of amides is 2. The number of anilines is 1. The lowest BCUT2D eigenvalue weighted by molar-refractivity contribution is -0.111. The molecule has 0 atom stereocenters. The van der Waals surface area contributed by atoms with Crippen molar-refractivity contribution in [3.05, 3.63) is 54.2 Å². The third-order valence-corrected chi connectivity index (χ3v) is 2.87. The van der Waals surface area contributed by atoms with Crippen LogP contribution in [-0.4, -0.2) is 33.9 Å². The first kappa shape index (κ1) is 15.4. The number of rotatable bonds is 5. The van der Waals surface area contributed by atoms with Crippen LogP contribution < -0.4 is 5.32 Å². The number of carbonyl (C=O) groups excluding carboxylic acids is 2. The molecule has 2 aromatic rings. The van der Waals surface area contributed by atoms with Crippen molar-refractivity contribution >= 4 is 17.5 Å². The molecule has 0 aliphatic heterocycles. The summed E-state index contributed by atoms with van der Waals surface area (Å²) < 4.78 is 4.98. The van der Waals surface area contributed by atoms with Crippen molar-refractivity contribution in [3.63, 3.8) is 0 Å². The second-order valence-electron chi connectivity index (χ2n) is 4.67. The van der Waals surface area contributed by atoms with E-state index in [0.29, 0.717) is 23.0 Å². The number of aromatic nitrogens is 2. The van der Waals surface area contributed by atoms with Crippen molar-refractivity contribution in [2.24, 2.45) is 0 Å². The fraction of sp³-hybridized carbons (Fsp3) is 0.200. The van der Waals surface area contributed by atoms with E-state index in [1.807, 2.05) is 0 Å². The fourth-order valence-electron chi connectivity index (χ4n) is 1.79. The lowest BCUT2D eigenvalue weighted by Crippen LogP contribution is -2.26. The van der Waals surface area contributed by atoms with Gasteiger partial charge in [-0.1, -0.05) is 11.7 Å². The molecular formula is C15H16N4O3. The minimum Gasteiger partial charge on any atom is -0.337 e. The zero-order valence-electron chi connectivity index (χ0n) is 12.4. The first-order chi connectivity index (χ1) is 10.5. The molecule has 2 amide bonds. The Hall–Kier alpha value is -2.96. The Kier molecular flexibility index (Phi) is 4.67. The van der Waals surface area contributed by atoms with Crippen molar-refractivity contribution < 1.29 is 14.1 Å². The van der Waals surface area contributed by atoms with E-state index in [9.17, 15) is 9.59 Å². The summed E-state index contributed by atoms with van der Waals surface area (Å²) in [7, 11) is 1.65. The summed E-state index contributed by atoms with van der Waals surface area (Å²) in [6.45, 7) is 5.32. The second kappa shape index (κ2) is 6.66. The molecule has 0 fully saturated rings. The lowest BCUT2D eigenvalue weighted by atomic mass is 10.2. The average molecular weight is 300 g/mol. The van der Waals surface area contributed by atoms with Gasteiger partial charge in [-0.15, -0.1) is 0 Å². The number of carbonyl (C=O) groups is 2. The quantitative estimate of drug-likeness (QED) is 0.850. The van der Waals surface area contributed by atoms with Gasteiger partial charge in [0.2, 0.25) is 11.8 Å². The van der Waals surface area contributed by atoms with Crippen LogP contribution in [0.2, 0.25) is 0 Å². The van der Waals surface area contributed by atoms with Crippen LogP contribution in [0.15, 0.2) is 41.4 Å². The predicted molar refractivity (Wildman–Crippen MR) is 80.1 cm³/mol. The molecule has 114 valence electrons. The number of benzene rings is 1. The zero-order chi connectivity index (χ0) is 16.1. The minimum atomic E-state index is -0.303. The maximum atomic E-state index is 12.3. The van der Waals surface area contributed by atoms with E-state index in [0.717, 1.165) is 0 Å². The molecule has 22 heavy (non-hydrogen) atoms. The molecule has 0 unspecified atom stereocenters. The molecule has 0 saturated carbocycles. The Morgan fingerprint density at radius 3 is 2.59 bits per heavy atom. The topological polar surface area (TPSA) is 88.3 Å². The minimum absolute atomic E-state index is 0.183. The van der Waals surface area contributed by atoms with E-state index in [1.54, 1.807) is 38.2 Å². The van der Waals surface area contributed by atoms with Crippen molar-refractivity contribution in [3.8, 4) is 0 Å². The normalized spacial score (nSPS) is 10.1. The van der Waals surface area contributed by atoms with Crippen molar-refractivity contribution in [2.45, 2.75) is 13.5 Å². The monoisotopic (exact) mass is 300 g/mol. The maximum absolute atomic E-state index is 12.3. The molecular weight excluding hydrogens is 284 g/mol. The van der Waals surface area contributed by atoms with Crippen molar-refractivity contribution in [2.75, 3.05) is 12.4 Å². The summed E-state index contributed by atoms with van der Waals surface area (Å²) in [5.74, 6) is 0.418. The first-order valence-corrected chi connectivity index (χ1v) is 6.57. The van der Waals surface area contributed by atoms with Gasteiger partial charge in [0.05, 0.1) is 6.54 Å². The summed E-state index contributed by atoms with van der Waals surface area (Å²) in [6, 6.07) is 6.58. The van der Waals surface area contributed by atoms with Crippen LogP contribution >= 0.6 is 0 Å². The van der Waals surface area contributed by atoms with Gasteiger partial charge in [0.15, 0.2) is 5.82 Å². The molecule has 0 aliphatic rings. The van der Waals surface area contributed by atoms with E-state index in [2.05, 4.69) is 22.0 Å². The Morgan fingerprint density at radius 2 is 2.05 bits per heavy atom. The highest BCUT2D eigenvalue weighted by Gasteiger charge is 2.15. The molecule has 1 heterocycles. The smallest absolute Gasteiger partial charge is 0.254 e. The van der Waals surface area contributed by atoms with Crippen molar-refractivity contribution in [1.82, 2.24) is 15.0 Å². The Morgan fingerprint density at radius 1 is 1.36 bits per heavy atom. The predicted octanol–water partition coefficient (Wildman–Crippen LogP) is 1.77. The highest BCUT2D eigenvalue weighted by atomic mass is 16.5. The van der Waals surface area contributed by atoms with E-state index in [-0.39, 0.29) is 18.4 Å². The average Bonchev–Trinajstić information content (AvgIpc) is 2.92. The van der Waals surface area contributed by atoms with E-state index in [1.165, 1.54) is 11.0 Å². The molecule has 7 nitrogen and oxygen atoms in total. The van der Waals surface area contributed by atoms with Gasteiger partial charge in [0, 0.05) is 18.3 Å². The van der Waals surface area contributed by atoms with Crippen LogP contribution in [-0.2, 0) is 11.3 Å².